The zero-order valence-corrected chi connectivity index (χ0v) is 12.5. The predicted molar refractivity (Wildman–Crippen MR) is 77.0 cm³/mol. The molecule has 1 unspecified atom stereocenters. The van der Waals surface area contributed by atoms with E-state index in [4.69, 9.17) is 15.2 Å². The third-order valence-corrected chi connectivity index (χ3v) is 5.79. The summed E-state index contributed by atoms with van der Waals surface area (Å²) in [4.78, 5) is 0.280. The van der Waals surface area contributed by atoms with Gasteiger partial charge in [-0.25, -0.2) is 8.42 Å². The molecule has 1 heterocycles. The highest BCUT2D eigenvalue weighted by Crippen LogP contribution is 2.33. The fourth-order valence-corrected chi connectivity index (χ4v) is 4.08. The molecule has 6 heteroatoms. The van der Waals surface area contributed by atoms with Gasteiger partial charge in [0.2, 0.25) is 0 Å². The van der Waals surface area contributed by atoms with Crippen molar-refractivity contribution in [2.45, 2.75) is 36.3 Å². The van der Waals surface area contributed by atoms with Crippen LogP contribution in [0, 0.1) is 0 Å². The van der Waals surface area contributed by atoms with Gasteiger partial charge in [0.05, 0.1) is 23.4 Å². The number of hydrogen-bond acceptors (Lipinski definition) is 5. The molecule has 0 saturated carbocycles. The van der Waals surface area contributed by atoms with Crippen LogP contribution < -0.4 is 15.2 Å². The highest BCUT2D eigenvalue weighted by Gasteiger charge is 2.26. The molecule has 112 valence electrons. The first-order valence-corrected chi connectivity index (χ1v) is 8.47. The first-order chi connectivity index (χ1) is 9.59. The third-order valence-electron chi connectivity index (χ3n) is 3.43. The number of benzene rings is 1. The molecular weight excluding hydrogens is 278 g/mol. The van der Waals surface area contributed by atoms with E-state index >= 15 is 0 Å². The van der Waals surface area contributed by atoms with Crippen molar-refractivity contribution in [1.82, 2.24) is 0 Å². The van der Waals surface area contributed by atoms with Gasteiger partial charge in [0, 0.05) is 12.5 Å². The van der Waals surface area contributed by atoms with Crippen molar-refractivity contribution in [2.75, 3.05) is 19.8 Å². The highest BCUT2D eigenvalue weighted by molar-refractivity contribution is 7.92. The van der Waals surface area contributed by atoms with Crippen molar-refractivity contribution in [3.05, 3.63) is 18.2 Å². The Morgan fingerprint density at radius 3 is 2.60 bits per heavy atom. The lowest BCUT2D eigenvalue weighted by Gasteiger charge is -2.16. The van der Waals surface area contributed by atoms with E-state index < -0.39 is 15.1 Å². The van der Waals surface area contributed by atoms with Crippen LogP contribution in [-0.4, -0.2) is 33.4 Å². The summed E-state index contributed by atoms with van der Waals surface area (Å²) < 4.78 is 36.2. The number of hydrogen-bond donors (Lipinski definition) is 1. The van der Waals surface area contributed by atoms with Gasteiger partial charge in [0.15, 0.2) is 21.3 Å². The molecule has 1 atom stereocenters. The fourth-order valence-electron chi connectivity index (χ4n) is 2.28. The molecule has 0 radical (unpaired) electrons. The molecule has 0 aliphatic carbocycles. The Kier molecular flexibility index (Phi) is 4.88. The van der Waals surface area contributed by atoms with Crippen LogP contribution >= 0.6 is 0 Å². The van der Waals surface area contributed by atoms with Gasteiger partial charge in [-0.15, -0.1) is 0 Å². The average molecular weight is 299 g/mol. The minimum atomic E-state index is -3.37. The Balaban J connectivity index is 2.35. The van der Waals surface area contributed by atoms with E-state index in [1.54, 1.807) is 18.2 Å². The molecular formula is C14H21NO4S. The van der Waals surface area contributed by atoms with Crippen LogP contribution in [0.2, 0.25) is 0 Å². The van der Waals surface area contributed by atoms with Gasteiger partial charge in [-0.05, 0) is 31.5 Å². The van der Waals surface area contributed by atoms with Crippen molar-refractivity contribution in [1.29, 1.82) is 0 Å². The van der Waals surface area contributed by atoms with Crippen LogP contribution in [0.25, 0.3) is 0 Å². The first-order valence-electron chi connectivity index (χ1n) is 6.93. The van der Waals surface area contributed by atoms with Gasteiger partial charge in [0.1, 0.15) is 0 Å². The van der Waals surface area contributed by atoms with E-state index in [9.17, 15) is 8.42 Å². The third kappa shape index (κ3) is 3.07. The van der Waals surface area contributed by atoms with Gasteiger partial charge in [-0.3, -0.25) is 0 Å². The molecule has 5 nitrogen and oxygen atoms in total. The molecule has 2 rings (SSSR count). The topological polar surface area (TPSA) is 78.6 Å². The maximum atomic E-state index is 12.6. The summed E-state index contributed by atoms with van der Waals surface area (Å²) >= 11 is 0. The summed E-state index contributed by atoms with van der Waals surface area (Å²) in [5.41, 5.74) is 5.50. The second-order valence-electron chi connectivity index (χ2n) is 4.81. The molecule has 0 saturated heterocycles. The van der Waals surface area contributed by atoms with Crippen molar-refractivity contribution >= 4 is 9.84 Å². The zero-order chi connectivity index (χ0) is 14.6. The van der Waals surface area contributed by atoms with Crippen LogP contribution in [0.4, 0.5) is 0 Å². The van der Waals surface area contributed by atoms with Crippen molar-refractivity contribution in [3.63, 3.8) is 0 Å². The summed E-state index contributed by atoms with van der Waals surface area (Å²) in [5.74, 6) is 1.11. The summed E-state index contributed by atoms with van der Waals surface area (Å²) in [5, 5.41) is -0.447. The molecule has 1 aromatic carbocycles. The second kappa shape index (κ2) is 6.45. The number of nitrogens with two attached hydrogens (primary N) is 1. The lowest BCUT2D eigenvalue weighted by Crippen LogP contribution is -2.24. The summed E-state index contributed by atoms with van der Waals surface area (Å²) in [7, 11) is -3.37. The fraction of sp³-hybridized carbons (Fsp3) is 0.571. The molecule has 1 aromatic rings. The van der Waals surface area contributed by atoms with E-state index in [0.717, 1.165) is 6.42 Å². The van der Waals surface area contributed by atoms with Crippen LogP contribution in [0.1, 0.15) is 26.2 Å². The molecule has 2 N–H and O–H groups in total. The monoisotopic (exact) mass is 299 g/mol. The van der Waals surface area contributed by atoms with Crippen molar-refractivity contribution < 1.29 is 17.9 Å². The Labute approximate surface area is 120 Å². The summed E-state index contributed by atoms with van der Waals surface area (Å²) in [6, 6.07) is 4.82. The molecule has 0 amide bonds. The Morgan fingerprint density at radius 2 is 1.95 bits per heavy atom. The highest BCUT2D eigenvalue weighted by atomic mass is 32.2. The van der Waals surface area contributed by atoms with E-state index in [1.807, 2.05) is 6.92 Å². The van der Waals surface area contributed by atoms with Crippen LogP contribution in [0.3, 0.4) is 0 Å². The quantitative estimate of drug-likeness (QED) is 0.896. The van der Waals surface area contributed by atoms with Crippen molar-refractivity contribution in [3.8, 4) is 11.5 Å². The summed E-state index contributed by atoms with van der Waals surface area (Å²) in [6.45, 7) is 3.35. The normalized spacial score (nSPS) is 16.5. The zero-order valence-electron chi connectivity index (χ0n) is 11.7. The summed E-state index contributed by atoms with van der Waals surface area (Å²) in [6.07, 6.45) is 1.81. The van der Waals surface area contributed by atoms with Gasteiger partial charge >= 0.3 is 0 Å². The molecule has 1 aliphatic heterocycles. The lowest BCUT2D eigenvalue weighted by molar-refractivity contribution is 0.297. The van der Waals surface area contributed by atoms with E-state index in [0.29, 0.717) is 44.1 Å². The van der Waals surface area contributed by atoms with E-state index in [1.165, 1.54) is 0 Å². The van der Waals surface area contributed by atoms with Crippen LogP contribution in [-0.2, 0) is 9.84 Å². The molecule has 0 aromatic heterocycles. The SMILES string of the molecule is CCC(CCN)S(=O)(=O)c1ccc2c(c1)OCCCO2. The minimum Gasteiger partial charge on any atom is -0.490 e. The maximum absolute atomic E-state index is 12.6. The molecule has 20 heavy (non-hydrogen) atoms. The van der Waals surface area contributed by atoms with Crippen LogP contribution in [0.5, 0.6) is 11.5 Å². The van der Waals surface area contributed by atoms with E-state index in [-0.39, 0.29) is 4.90 Å². The van der Waals surface area contributed by atoms with Crippen LogP contribution in [0.15, 0.2) is 23.1 Å². The number of rotatable bonds is 5. The second-order valence-corrected chi connectivity index (χ2v) is 7.04. The van der Waals surface area contributed by atoms with Gasteiger partial charge < -0.3 is 15.2 Å². The van der Waals surface area contributed by atoms with Gasteiger partial charge in [0.25, 0.3) is 0 Å². The maximum Gasteiger partial charge on any atom is 0.181 e. The predicted octanol–water partition coefficient (Wildman–Crippen LogP) is 1.75. The molecule has 1 aliphatic rings. The minimum absolute atomic E-state index is 0.280. The standard InChI is InChI=1S/C14H21NO4S/c1-2-11(6-7-15)20(16,17)12-4-5-13-14(10-12)19-9-3-8-18-13/h4-5,10-11H,2-3,6-9,15H2,1H3. The Hall–Kier alpha value is -1.27. The van der Waals surface area contributed by atoms with Crippen molar-refractivity contribution in [2.24, 2.45) is 5.73 Å². The number of sulfone groups is 1. The Bertz CT molecular complexity index is 556. The van der Waals surface area contributed by atoms with E-state index in [2.05, 4.69) is 0 Å². The Morgan fingerprint density at radius 1 is 1.25 bits per heavy atom. The average Bonchev–Trinajstić information content (AvgIpc) is 2.68. The first kappa shape index (κ1) is 15.1. The molecule has 0 bridgehead atoms. The smallest absolute Gasteiger partial charge is 0.181 e. The number of ether oxygens (including phenoxy) is 2. The molecule has 0 fully saturated rings. The number of fused-ring (bicyclic) bond motifs is 1. The molecule has 0 spiro atoms. The lowest BCUT2D eigenvalue weighted by atomic mass is 10.2. The van der Waals surface area contributed by atoms with Gasteiger partial charge in [-0.1, -0.05) is 6.92 Å². The largest absolute Gasteiger partial charge is 0.490 e. The van der Waals surface area contributed by atoms with Gasteiger partial charge in [-0.2, -0.15) is 0 Å².